The van der Waals surface area contributed by atoms with Gasteiger partial charge in [-0.1, -0.05) is 69.7 Å². The normalized spacial score (nSPS) is 10.4. The zero-order chi connectivity index (χ0) is 14.4. The minimum Gasteiger partial charge on any atom is -0.0683 e. The molecule has 0 saturated carbocycles. The topological polar surface area (TPSA) is 0 Å². The molecule has 0 nitrogen and oxygen atoms in total. The van der Waals surface area contributed by atoms with E-state index in [0.717, 1.165) is 6.42 Å². The highest BCUT2D eigenvalue weighted by Crippen LogP contribution is 2.38. The molecule has 2 aromatic carbocycles. The van der Waals surface area contributed by atoms with Crippen molar-refractivity contribution in [2.75, 3.05) is 0 Å². The van der Waals surface area contributed by atoms with Crippen LogP contribution in [0.2, 0.25) is 0 Å². The highest BCUT2D eigenvalue weighted by atomic mass is 14.2. The fraction of sp³-hybridized carbons (Fsp3) is 0.368. The van der Waals surface area contributed by atoms with Crippen LogP contribution in [0.25, 0.3) is 11.1 Å². The molecule has 0 atom stereocenters. The zero-order valence-electron chi connectivity index (χ0n) is 13.2. The van der Waals surface area contributed by atoms with Crippen molar-refractivity contribution in [3.63, 3.8) is 0 Å². The van der Waals surface area contributed by atoms with Gasteiger partial charge < -0.3 is 0 Å². The van der Waals surface area contributed by atoms with E-state index in [1.54, 1.807) is 0 Å². The van der Waals surface area contributed by atoms with Crippen LogP contribution < -0.4 is 0 Å². The standard InChI is InChI=1S/C15H14.2C2H6/c1-10-6-7-14-13(8-10)9-12-5-3-4-11(2)15(12)14;2*1-2/h3-8H,9H2,1-2H3;2*1-2H3. The first kappa shape index (κ1) is 15.5. The largest absolute Gasteiger partial charge is 0.0683 e. The molecule has 3 rings (SSSR count). The van der Waals surface area contributed by atoms with E-state index in [2.05, 4.69) is 50.2 Å². The van der Waals surface area contributed by atoms with Crippen LogP contribution in [-0.4, -0.2) is 0 Å². The van der Waals surface area contributed by atoms with E-state index in [-0.39, 0.29) is 0 Å². The molecule has 0 radical (unpaired) electrons. The smallest absolute Gasteiger partial charge is 0.00133 e. The third-order valence-electron chi connectivity index (χ3n) is 3.27. The fourth-order valence-electron chi connectivity index (χ4n) is 2.58. The number of rotatable bonds is 0. The molecule has 0 N–H and O–H groups in total. The summed E-state index contributed by atoms with van der Waals surface area (Å²) < 4.78 is 0. The van der Waals surface area contributed by atoms with Gasteiger partial charge in [-0.15, -0.1) is 0 Å². The van der Waals surface area contributed by atoms with Gasteiger partial charge in [0.15, 0.2) is 0 Å². The Bertz CT molecular complexity index is 536. The summed E-state index contributed by atoms with van der Waals surface area (Å²) in [5.41, 5.74) is 8.63. The second-order valence-corrected chi connectivity index (χ2v) is 4.45. The van der Waals surface area contributed by atoms with E-state index in [1.165, 1.54) is 33.4 Å². The van der Waals surface area contributed by atoms with Crippen molar-refractivity contribution in [3.05, 3.63) is 58.7 Å². The van der Waals surface area contributed by atoms with Gasteiger partial charge in [0.25, 0.3) is 0 Å². The van der Waals surface area contributed by atoms with Gasteiger partial charge in [-0.3, -0.25) is 0 Å². The number of benzene rings is 2. The number of aryl methyl sites for hydroxylation is 2. The Labute approximate surface area is 118 Å². The van der Waals surface area contributed by atoms with Crippen molar-refractivity contribution in [2.24, 2.45) is 0 Å². The molecule has 0 aliphatic heterocycles. The van der Waals surface area contributed by atoms with Gasteiger partial charge in [0, 0.05) is 0 Å². The number of fused-ring (bicyclic) bond motifs is 3. The van der Waals surface area contributed by atoms with E-state index in [1.807, 2.05) is 27.7 Å². The van der Waals surface area contributed by atoms with Crippen molar-refractivity contribution >= 4 is 0 Å². The molecule has 19 heavy (non-hydrogen) atoms. The summed E-state index contributed by atoms with van der Waals surface area (Å²) in [5, 5.41) is 0. The van der Waals surface area contributed by atoms with E-state index in [0.29, 0.717) is 0 Å². The SMILES string of the molecule is CC.CC.Cc1ccc2c(c1)Cc1cccc(C)c1-2. The van der Waals surface area contributed by atoms with Gasteiger partial charge in [0.2, 0.25) is 0 Å². The van der Waals surface area contributed by atoms with Crippen molar-refractivity contribution in [2.45, 2.75) is 48.0 Å². The third kappa shape index (κ3) is 3.07. The molecule has 102 valence electrons. The van der Waals surface area contributed by atoms with E-state index >= 15 is 0 Å². The van der Waals surface area contributed by atoms with Gasteiger partial charge >= 0.3 is 0 Å². The molecular weight excluding hydrogens is 228 g/mol. The lowest BCUT2D eigenvalue weighted by atomic mass is 10.00. The quantitative estimate of drug-likeness (QED) is 0.466. The van der Waals surface area contributed by atoms with E-state index in [9.17, 15) is 0 Å². The van der Waals surface area contributed by atoms with Gasteiger partial charge in [0.05, 0.1) is 0 Å². The maximum Gasteiger partial charge on any atom is -0.00133 e. The number of hydrogen-bond acceptors (Lipinski definition) is 0. The minimum absolute atomic E-state index is 1.11. The monoisotopic (exact) mass is 254 g/mol. The first-order valence-electron chi connectivity index (χ1n) is 7.44. The third-order valence-corrected chi connectivity index (χ3v) is 3.27. The molecule has 1 aliphatic carbocycles. The molecule has 0 aromatic heterocycles. The van der Waals surface area contributed by atoms with Gasteiger partial charge in [-0.2, -0.15) is 0 Å². The molecule has 2 aromatic rings. The predicted octanol–water partition coefficient (Wildman–Crippen LogP) is 5.93. The van der Waals surface area contributed by atoms with E-state index < -0.39 is 0 Å². The summed E-state index contributed by atoms with van der Waals surface area (Å²) in [6.07, 6.45) is 1.11. The van der Waals surface area contributed by atoms with Crippen LogP contribution >= 0.6 is 0 Å². The summed E-state index contributed by atoms with van der Waals surface area (Å²) >= 11 is 0. The first-order valence-corrected chi connectivity index (χ1v) is 7.44. The highest BCUT2D eigenvalue weighted by molar-refractivity contribution is 5.79. The van der Waals surface area contributed by atoms with Crippen molar-refractivity contribution in [1.82, 2.24) is 0 Å². The van der Waals surface area contributed by atoms with Crippen LogP contribution in [0.1, 0.15) is 49.9 Å². The Morgan fingerprint density at radius 3 is 2.16 bits per heavy atom. The number of hydrogen-bond donors (Lipinski definition) is 0. The summed E-state index contributed by atoms with van der Waals surface area (Å²) in [4.78, 5) is 0. The van der Waals surface area contributed by atoms with Crippen LogP contribution in [0.15, 0.2) is 36.4 Å². The molecule has 0 saturated heterocycles. The Kier molecular flexibility index (Phi) is 5.82. The average molecular weight is 254 g/mol. The molecule has 0 spiro atoms. The van der Waals surface area contributed by atoms with Gasteiger partial charge in [0.1, 0.15) is 0 Å². The minimum atomic E-state index is 1.11. The Morgan fingerprint density at radius 1 is 0.789 bits per heavy atom. The van der Waals surface area contributed by atoms with Crippen molar-refractivity contribution < 1.29 is 0 Å². The Balaban J connectivity index is 0.000000415. The molecule has 0 heterocycles. The summed E-state index contributed by atoms with van der Waals surface area (Å²) in [6, 6.07) is 13.4. The maximum absolute atomic E-state index is 2.31. The molecule has 0 heteroatoms. The average Bonchev–Trinajstić information content (AvgIpc) is 2.82. The molecule has 0 bridgehead atoms. The lowest BCUT2D eigenvalue weighted by Gasteiger charge is -2.05. The Morgan fingerprint density at radius 2 is 1.47 bits per heavy atom. The van der Waals surface area contributed by atoms with Gasteiger partial charge in [-0.25, -0.2) is 0 Å². The highest BCUT2D eigenvalue weighted by Gasteiger charge is 2.19. The Hall–Kier alpha value is -1.56. The predicted molar refractivity (Wildman–Crippen MR) is 86.9 cm³/mol. The summed E-state index contributed by atoms with van der Waals surface area (Å²) in [6.45, 7) is 12.4. The molecule has 1 aliphatic rings. The zero-order valence-corrected chi connectivity index (χ0v) is 13.2. The van der Waals surface area contributed by atoms with Gasteiger partial charge in [-0.05, 0) is 48.1 Å². The molecule has 0 amide bonds. The second kappa shape index (κ2) is 7.13. The van der Waals surface area contributed by atoms with Crippen LogP contribution in [0.4, 0.5) is 0 Å². The summed E-state index contributed by atoms with van der Waals surface area (Å²) in [5.74, 6) is 0. The molecular formula is C19H26. The van der Waals surface area contributed by atoms with Crippen LogP contribution in [0, 0.1) is 13.8 Å². The van der Waals surface area contributed by atoms with Crippen LogP contribution in [0.5, 0.6) is 0 Å². The van der Waals surface area contributed by atoms with Crippen LogP contribution in [0.3, 0.4) is 0 Å². The molecule has 0 fully saturated rings. The second-order valence-electron chi connectivity index (χ2n) is 4.45. The summed E-state index contributed by atoms with van der Waals surface area (Å²) in [7, 11) is 0. The van der Waals surface area contributed by atoms with E-state index in [4.69, 9.17) is 0 Å². The van der Waals surface area contributed by atoms with Crippen molar-refractivity contribution in [1.29, 1.82) is 0 Å². The fourth-order valence-corrected chi connectivity index (χ4v) is 2.58. The maximum atomic E-state index is 2.31. The first-order chi connectivity index (χ1) is 9.25. The lowest BCUT2D eigenvalue weighted by Crippen LogP contribution is -1.82. The van der Waals surface area contributed by atoms with Crippen molar-refractivity contribution in [3.8, 4) is 11.1 Å². The molecule has 0 unspecified atom stereocenters. The van der Waals surface area contributed by atoms with Crippen LogP contribution in [-0.2, 0) is 6.42 Å². The lowest BCUT2D eigenvalue weighted by molar-refractivity contribution is 1.24.